The van der Waals surface area contributed by atoms with Crippen LogP contribution in [0.4, 0.5) is 4.39 Å². The second-order valence-electron chi connectivity index (χ2n) is 3.04. The van der Waals surface area contributed by atoms with Crippen molar-refractivity contribution >= 4 is 23.7 Å². The molecule has 15 heavy (non-hydrogen) atoms. The van der Waals surface area contributed by atoms with Crippen LogP contribution >= 0.6 is 23.7 Å². The Kier molecular flexibility index (Phi) is 4.27. The van der Waals surface area contributed by atoms with Crippen LogP contribution in [0.2, 0.25) is 0 Å². The van der Waals surface area contributed by atoms with Gasteiger partial charge >= 0.3 is 0 Å². The van der Waals surface area contributed by atoms with Gasteiger partial charge in [0.15, 0.2) is 0 Å². The molecule has 0 fully saturated rings. The van der Waals surface area contributed by atoms with E-state index in [0.29, 0.717) is 0 Å². The number of thiophene rings is 1. The van der Waals surface area contributed by atoms with Gasteiger partial charge in [-0.3, -0.25) is 0 Å². The molecule has 4 heteroatoms. The summed E-state index contributed by atoms with van der Waals surface area (Å²) in [6.45, 7) is 0. The number of nitrogens with two attached hydrogens (primary N) is 1. The average molecular weight is 244 g/mol. The summed E-state index contributed by atoms with van der Waals surface area (Å²) in [7, 11) is 0. The van der Waals surface area contributed by atoms with Gasteiger partial charge in [-0.1, -0.05) is 18.2 Å². The van der Waals surface area contributed by atoms with Gasteiger partial charge in [0.05, 0.1) is 6.04 Å². The van der Waals surface area contributed by atoms with E-state index in [9.17, 15) is 4.39 Å². The van der Waals surface area contributed by atoms with Gasteiger partial charge in [-0.05, 0) is 29.1 Å². The van der Waals surface area contributed by atoms with Crippen LogP contribution in [-0.2, 0) is 0 Å². The zero-order chi connectivity index (χ0) is 9.97. The van der Waals surface area contributed by atoms with E-state index in [2.05, 4.69) is 0 Å². The second kappa shape index (κ2) is 5.26. The lowest BCUT2D eigenvalue weighted by atomic mass is 10.1. The summed E-state index contributed by atoms with van der Waals surface area (Å²) in [4.78, 5) is 1.09. The number of halogens is 2. The van der Waals surface area contributed by atoms with Crippen molar-refractivity contribution in [3.63, 3.8) is 0 Å². The molecule has 0 amide bonds. The average Bonchev–Trinajstić information content (AvgIpc) is 2.71. The Bertz CT molecular complexity index is 399. The quantitative estimate of drug-likeness (QED) is 0.860. The Morgan fingerprint density at radius 3 is 2.33 bits per heavy atom. The van der Waals surface area contributed by atoms with E-state index in [0.717, 1.165) is 10.4 Å². The van der Waals surface area contributed by atoms with Crippen LogP contribution < -0.4 is 5.73 Å². The molecule has 0 bridgehead atoms. The lowest BCUT2D eigenvalue weighted by molar-refractivity contribution is 0.626. The molecular weight excluding hydrogens is 233 g/mol. The summed E-state index contributed by atoms with van der Waals surface area (Å²) in [5, 5.41) is 1.98. The number of benzene rings is 1. The first kappa shape index (κ1) is 12.2. The Hall–Kier alpha value is -0.900. The molecule has 0 radical (unpaired) electrons. The minimum absolute atomic E-state index is 0. The van der Waals surface area contributed by atoms with Crippen LogP contribution in [0.3, 0.4) is 0 Å². The highest BCUT2D eigenvalue weighted by Crippen LogP contribution is 2.23. The van der Waals surface area contributed by atoms with Gasteiger partial charge in [0.2, 0.25) is 0 Å². The molecule has 1 nitrogen and oxygen atoms in total. The maximum atomic E-state index is 12.7. The van der Waals surface area contributed by atoms with Crippen LogP contribution in [0.5, 0.6) is 0 Å². The molecule has 0 saturated heterocycles. The molecular formula is C11H11ClFNS. The third-order valence-corrected chi connectivity index (χ3v) is 3.03. The summed E-state index contributed by atoms with van der Waals surface area (Å²) in [6.07, 6.45) is 0. The molecule has 0 aliphatic carbocycles. The number of rotatable bonds is 2. The van der Waals surface area contributed by atoms with Gasteiger partial charge in [-0.25, -0.2) is 4.39 Å². The molecule has 0 aliphatic rings. The molecule has 80 valence electrons. The number of hydrogen-bond donors (Lipinski definition) is 1. The maximum absolute atomic E-state index is 12.7. The zero-order valence-corrected chi connectivity index (χ0v) is 9.52. The minimum atomic E-state index is -0.230. The van der Waals surface area contributed by atoms with Crippen molar-refractivity contribution in [2.24, 2.45) is 5.73 Å². The van der Waals surface area contributed by atoms with Gasteiger partial charge in [0.1, 0.15) is 5.82 Å². The van der Waals surface area contributed by atoms with Crippen LogP contribution in [0.25, 0.3) is 0 Å². The van der Waals surface area contributed by atoms with Gasteiger partial charge in [-0.15, -0.1) is 23.7 Å². The van der Waals surface area contributed by atoms with Crippen molar-refractivity contribution in [1.29, 1.82) is 0 Å². The van der Waals surface area contributed by atoms with E-state index in [4.69, 9.17) is 5.73 Å². The predicted molar refractivity (Wildman–Crippen MR) is 64.0 cm³/mol. The molecule has 1 aromatic carbocycles. The van der Waals surface area contributed by atoms with Crippen LogP contribution in [0, 0.1) is 5.82 Å². The van der Waals surface area contributed by atoms with E-state index in [1.807, 2.05) is 17.5 Å². The summed E-state index contributed by atoms with van der Waals surface area (Å²) >= 11 is 1.61. The summed E-state index contributed by atoms with van der Waals surface area (Å²) in [5.41, 5.74) is 6.94. The first-order valence-electron chi connectivity index (χ1n) is 4.32. The lowest BCUT2D eigenvalue weighted by Crippen LogP contribution is -2.09. The number of hydrogen-bond acceptors (Lipinski definition) is 2. The summed E-state index contributed by atoms with van der Waals surface area (Å²) < 4.78 is 12.7. The fourth-order valence-electron chi connectivity index (χ4n) is 1.30. The van der Waals surface area contributed by atoms with Crippen molar-refractivity contribution in [1.82, 2.24) is 0 Å². The van der Waals surface area contributed by atoms with E-state index in [1.54, 1.807) is 23.5 Å². The molecule has 1 heterocycles. The summed E-state index contributed by atoms with van der Waals surface area (Å²) in [6, 6.07) is 10.1. The predicted octanol–water partition coefficient (Wildman–Crippen LogP) is 3.36. The van der Waals surface area contributed by atoms with Crippen molar-refractivity contribution in [3.8, 4) is 0 Å². The van der Waals surface area contributed by atoms with Crippen molar-refractivity contribution in [2.45, 2.75) is 6.04 Å². The molecule has 0 unspecified atom stereocenters. The van der Waals surface area contributed by atoms with Crippen molar-refractivity contribution in [3.05, 3.63) is 58.0 Å². The van der Waals surface area contributed by atoms with E-state index < -0.39 is 0 Å². The Balaban J connectivity index is 0.00000112. The van der Waals surface area contributed by atoms with Gasteiger partial charge in [-0.2, -0.15) is 0 Å². The molecule has 0 spiro atoms. The Morgan fingerprint density at radius 1 is 1.13 bits per heavy atom. The summed E-state index contributed by atoms with van der Waals surface area (Å²) in [5.74, 6) is -0.230. The highest BCUT2D eigenvalue weighted by Gasteiger charge is 2.08. The van der Waals surface area contributed by atoms with E-state index >= 15 is 0 Å². The Labute approximate surface area is 98.2 Å². The second-order valence-corrected chi connectivity index (χ2v) is 4.02. The molecule has 0 aliphatic heterocycles. The van der Waals surface area contributed by atoms with Crippen LogP contribution in [0.1, 0.15) is 16.5 Å². The monoisotopic (exact) mass is 243 g/mol. The first-order chi connectivity index (χ1) is 6.77. The largest absolute Gasteiger partial charge is 0.320 e. The van der Waals surface area contributed by atoms with Crippen molar-refractivity contribution < 1.29 is 4.39 Å². The van der Waals surface area contributed by atoms with Gasteiger partial charge in [0, 0.05) is 4.88 Å². The first-order valence-corrected chi connectivity index (χ1v) is 5.20. The van der Waals surface area contributed by atoms with E-state index in [1.165, 1.54) is 12.1 Å². The standard InChI is InChI=1S/C11H10FNS.ClH/c12-9-5-3-8(4-6-9)11(13)10-2-1-7-14-10;/h1-7,11H,13H2;1H/t11-;/m0./s1. The van der Waals surface area contributed by atoms with Crippen molar-refractivity contribution in [2.75, 3.05) is 0 Å². The highest BCUT2D eigenvalue weighted by molar-refractivity contribution is 7.10. The highest BCUT2D eigenvalue weighted by atomic mass is 35.5. The third kappa shape index (κ3) is 2.78. The van der Waals surface area contributed by atoms with Crippen LogP contribution in [0.15, 0.2) is 41.8 Å². The van der Waals surface area contributed by atoms with Crippen LogP contribution in [-0.4, -0.2) is 0 Å². The topological polar surface area (TPSA) is 26.0 Å². The SMILES string of the molecule is Cl.N[C@@H](c1ccc(F)cc1)c1cccs1. The molecule has 1 atom stereocenters. The molecule has 2 rings (SSSR count). The molecule has 0 saturated carbocycles. The van der Waals surface area contributed by atoms with Gasteiger partial charge < -0.3 is 5.73 Å². The fourth-order valence-corrected chi connectivity index (χ4v) is 2.06. The zero-order valence-electron chi connectivity index (χ0n) is 7.89. The normalized spacial score (nSPS) is 11.9. The van der Waals surface area contributed by atoms with E-state index in [-0.39, 0.29) is 24.3 Å². The minimum Gasteiger partial charge on any atom is -0.320 e. The van der Waals surface area contributed by atoms with Gasteiger partial charge in [0.25, 0.3) is 0 Å². The molecule has 2 aromatic rings. The maximum Gasteiger partial charge on any atom is 0.123 e. The lowest BCUT2D eigenvalue weighted by Gasteiger charge is -2.09. The molecule has 1 aromatic heterocycles. The molecule has 2 N–H and O–H groups in total. The third-order valence-electron chi connectivity index (χ3n) is 2.08. The Morgan fingerprint density at radius 2 is 1.80 bits per heavy atom. The smallest absolute Gasteiger partial charge is 0.123 e. The fraction of sp³-hybridized carbons (Fsp3) is 0.0909.